The van der Waals surface area contributed by atoms with Gasteiger partial charge in [-0.1, -0.05) is 6.92 Å². The summed E-state index contributed by atoms with van der Waals surface area (Å²) in [6.45, 7) is 2.39. The average molecular weight is 240 g/mol. The second kappa shape index (κ2) is 7.30. The van der Waals surface area contributed by atoms with Crippen LogP contribution in [0.4, 0.5) is 0 Å². The Morgan fingerprint density at radius 1 is 1.38 bits per heavy atom. The van der Waals surface area contributed by atoms with E-state index in [1.807, 2.05) is 12.1 Å². The molecular formula is C12H16O3S. The Kier molecular flexibility index (Phi) is 5.96. The normalized spacial score (nSPS) is 10.1. The number of benzene rings is 1. The fourth-order valence-electron chi connectivity index (χ4n) is 1.17. The first-order valence-corrected chi connectivity index (χ1v) is 6.27. The molecule has 88 valence electrons. The molecule has 0 bridgehead atoms. The van der Waals surface area contributed by atoms with E-state index in [9.17, 15) is 4.79 Å². The average Bonchev–Trinajstić information content (AvgIpc) is 2.30. The molecule has 3 nitrogen and oxygen atoms in total. The van der Waals surface area contributed by atoms with Crippen molar-refractivity contribution in [3.63, 3.8) is 0 Å². The van der Waals surface area contributed by atoms with E-state index >= 15 is 0 Å². The number of carbonyl (C=O) groups is 1. The number of carbonyl (C=O) groups excluding carboxylic acids is 1. The zero-order chi connectivity index (χ0) is 11.8. The quantitative estimate of drug-likeness (QED) is 0.471. The summed E-state index contributed by atoms with van der Waals surface area (Å²) in [6.07, 6.45) is 0.482. The van der Waals surface area contributed by atoms with Crippen LogP contribution in [0.3, 0.4) is 0 Å². The molecule has 0 aliphatic heterocycles. The van der Waals surface area contributed by atoms with Crippen LogP contribution in [-0.4, -0.2) is 30.0 Å². The molecule has 4 heteroatoms. The third kappa shape index (κ3) is 4.24. The minimum absolute atomic E-state index is 0.0410. The van der Waals surface area contributed by atoms with Gasteiger partial charge in [0, 0.05) is 17.9 Å². The lowest BCUT2D eigenvalue weighted by Gasteiger charge is -2.04. The van der Waals surface area contributed by atoms with Crippen LogP contribution in [0, 0.1) is 0 Å². The van der Waals surface area contributed by atoms with Gasteiger partial charge in [0.05, 0.1) is 12.2 Å². The monoisotopic (exact) mass is 240 g/mol. The van der Waals surface area contributed by atoms with Crippen molar-refractivity contribution >= 4 is 17.7 Å². The van der Waals surface area contributed by atoms with Crippen LogP contribution < -0.4 is 0 Å². The maximum absolute atomic E-state index is 11.5. The van der Waals surface area contributed by atoms with E-state index in [2.05, 4.69) is 6.92 Å². The van der Waals surface area contributed by atoms with Crippen molar-refractivity contribution in [2.24, 2.45) is 0 Å². The van der Waals surface area contributed by atoms with Gasteiger partial charge in [-0.3, -0.25) is 0 Å². The maximum atomic E-state index is 11.5. The Balaban J connectivity index is 2.49. The first kappa shape index (κ1) is 13.1. The first-order valence-electron chi connectivity index (χ1n) is 5.28. The highest BCUT2D eigenvalue weighted by molar-refractivity contribution is 7.99. The van der Waals surface area contributed by atoms with Crippen molar-refractivity contribution < 1.29 is 14.6 Å². The van der Waals surface area contributed by atoms with Crippen molar-refractivity contribution in [1.29, 1.82) is 0 Å². The number of aliphatic hydroxyl groups excluding tert-OH is 1. The topological polar surface area (TPSA) is 46.5 Å². The molecule has 1 aromatic carbocycles. The van der Waals surface area contributed by atoms with Gasteiger partial charge in [0.1, 0.15) is 0 Å². The van der Waals surface area contributed by atoms with E-state index in [0.717, 1.165) is 10.6 Å². The molecule has 0 unspecified atom stereocenters. The van der Waals surface area contributed by atoms with Crippen LogP contribution in [0.5, 0.6) is 0 Å². The highest BCUT2D eigenvalue weighted by atomic mass is 32.2. The zero-order valence-electron chi connectivity index (χ0n) is 9.31. The first-order chi connectivity index (χ1) is 7.77. The summed E-state index contributed by atoms with van der Waals surface area (Å²) >= 11 is 1.73. The number of hydrogen-bond acceptors (Lipinski definition) is 4. The van der Waals surface area contributed by atoms with Gasteiger partial charge in [-0.25, -0.2) is 4.79 Å². The minimum Gasteiger partial charge on any atom is -0.462 e. The van der Waals surface area contributed by atoms with Crippen LogP contribution in [0.15, 0.2) is 29.2 Å². The van der Waals surface area contributed by atoms with Gasteiger partial charge in [-0.05, 0) is 30.0 Å². The van der Waals surface area contributed by atoms with Crippen LogP contribution in [-0.2, 0) is 4.74 Å². The summed E-state index contributed by atoms with van der Waals surface area (Å²) in [5.74, 6) is 0.682. The van der Waals surface area contributed by atoms with E-state index in [1.54, 1.807) is 23.9 Å². The molecule has 1 N–H and O–H groups in total. The summed E-state index contributed by atoms with van der Waals surface area (Å²) in [4.78, 5) is 12.6. The summed E-state index contributed by atoms with van der Waals surface area (Å²) in [7, 11) is 0. The van der Waals surface area contributed by atoms with Gasteiger partial charge in [0.15, 0.2) is 0 Å². The maximum Gasteiger partial charge on any atom is 0.338 e. The number of ether oxygens (including phenoxy) is 1. The zero-order valence-corrected chi connectivity index (χ0v) is 10.1. The summed E-state index contributed by atoms with van der Waals surface area (Å²) in [6, 6.07) is 7.35. The van der Waals surface area contributed by atoms with Crippen LogP contribution >= 0.6 is 11.8 Å². The lowest BCUT2D eigenvalue weighted by atomic mass is 10.2. The fourth-order valence-corrected chi connectivity index (χ4v) is 1.83. The molecule has 0 spiro atoms. The molecule has 0 aliphatic rings. The molecule has 0 atom stereocenters. The van der Waals surface area contributed by atoms with E-state index < -0.39 is 0 Å². The van der Waals surface area contributed by atoms with Crippen LogP contribution in [0.1, 0.15) is 23.7 Å². The minimum atomic E-state index is -0.332. The second-order valence-corrected chi connectivity index (χ2v) is 4.51. The highest BCUT2D eigenvalue weighted by Gasteiger charge is 2.06. The lowest BCUT2D eigenvalue weighted by Crippen LogP contribution is -2.07. The second-order valence-electron chi connectivity index (χ2n) is 3.17. The summed E-state index contributed by atoms with van der Waals surface area (Å²) in [5.41, 5.74) is 0.554. The Labute approximate surface area is 99.8 Å². The van der Waals surface area contributed by atoms with E-state index in [0.29, 0.717) is 12.0 Å². The Morgan fingerprint density at radius 3 is 2.62 bits per heavy atom. The van der Waals surface area contributed by atoms with Gasteiger partial charge >= 0.3 is 5.97 Å². The number of esters is 1. The molecule has 0 saturated heterocycles. The lowest BCUT2D eigenvalue weighted by molar-refractivity contribution is 0.0482. The van der Waals surface area contributed by atoms with E-state index in [4.69, 9.17) is 9.84 Å². The largest absolute Gasteiger partial charge is 0.462 e. The molecule has 1 aromatic rings. The van der Waals surface area contributed by atoms with E-state index in [1.165, 1.54) is 0 Å². The molecule has 1 rings (SSSR count). The SMILES string of the molecule is CCSc1ccc(C(=O)OCCCO)cc1. The van der Waals surface area contributed by atoms with Gasteiger partial charge in [-0.2, -0.15) is 0 Å². The number of aliphatic hydroxyl groups is 1. The van der Waals surface area contributed by atoms with Gasteiger partial charge in [0.25, 0.3) is 0 Å². The number of rotatable bonds is 6. The Morgan fingerprint density at radius 2 is 2.06 bits per heavy atom. The Hall–Kier alpha value is -1.00. The van der Waals surface area contributed by atoms with Crippen molar-refractivity contribution in [3.8, 4) is 0 Å². The standard InChI is InChI=1S/C12H16O3S/c1-2-16-11-6-4-10(5-7-11)12(14)15-9-3-8-13/h4-7,13H,2-3,8-9H2,1H3. The van der Waals surface area contributed by atoms with E-state index in [-0.39, 0.29) is 19.2 Å². The smallest absolute Gasteiger partial charge is 0.338 e. The third-order valence-corrected chi connectivity index (χ3v) is 2.83. The van der Waals surface area contributed by atoms with Crippen LogP contribution in [0.2, 0.25) is 0 Å². The van der Waals surface area contributed by atoms with Crippen molar-refractivity contribution in [3.05, 3.63) is 29.8 Å². The molecule has 0 radical (unpaired) electrons. The molecule has 0 saturated carbocycles. The van der Waals surface area contributed by atoms with Crippen molar-refractivity contribution in [1.82, 2.24) is 0 Å². The Bertz CT molecular complexity index is 322. The molecule has 0 amide bonds. The van der Waals surface area contributed by atoms with Crippen molar-refractivity contribution in [2.45, 2.75) is 18.2 Å². The molecule has 0 fully saturated rings. The molecule has 0 aliphatic carbocycles. The van der Waals surface area contributed by atoms with Crippen molar-refractivity contribution in [2.75, 3.05) is 19.0 Å². The van der Waals surface area contributed by atoms with Crippen LogP contribution in [0.25, 0.3) is 0 Å². The van der Waals surface area contributed by atoms with Gasteiger partial charge in [-0.15, -0.1) is 11.8 Å². The predicted molar refractivity (Wildman–Crippen MR) is 64.8 cm³/mol. The summed E-state index contributed by atoms with van der Waals surface area (Å²) < 4.78 is 4.96. The predicted octanol–water partition coefficient (Wildman–Crippen LogP) is 2.34. The van der Waals surface area contributed by atoms with Gasteiger partial charge in [0.2, 0.25) is 0 Å². The molecule has 16 heavy (non-hydrogen) atoms. The molecule has 0 aromatic heterocycles. The third-order valence-electron chi connectivity index (χ3n) is 1.94. The molecular weight excluding hydrogens is 224 g/mol. The van der Waals surface area contributed by atoms with Gasteiger partial charge < -0.3 is 9.84 Å². The number of hydrogen-bond donors (Lipinski definition) is 1. The summed E-state index contributed by atoms with van der Waals surface area (Å²) in [5, 5.41) is 8.55. The number of thioether (sulfide) groups is 1. The molecule has 0 heterocycles. The fraction of sp³-hybridized carbons (Fsp3) is 0.417. The highest BCUT2D eigenvalue weighted by Crippen LogP contribution is 2.17.